The van der Waals surface area contributed by atoms with Crippen LogP contribution in [0.3, 0.4) is 0 Å². The Labute approximate surface area is 180 Å². The van der Waals surface area contributed by atoms with Gasteiger partial charge in [-0.1, -0.05) is 26.0 Å². The number of nitrogens with zero attached hydrogens (tertiary/aromatic N) is 1. The number of carbonyl (C=O) groups excluding carboxylic acids is 1. The summed E-state index contributed by atoms with van der Waals surface area (Å²) in [4.78, 5) is 15.9. The molecule has 0 aliphatic heterocycles. The molecule has 0 aliphatic carbocycles. The van der Waals surface area contributed by atoms with E-state index >= 15 is 0 Å². The molecule has 10 heteroatoms. The third kappa shape index (κ3) is 11.9. The summed E-state index contributed by atoms with van der Waals surface area (Å²) in [6.45, 7) is 6.31. The Hall–Kier alpha value is -1.72. The molecule has 0 radical (unpaired) electrons. The van der Waals surface area contributed by atoms with Crippen molar-refractivity contribution >= 4 is 35.8 Å². The highest BCUT2D eigenvalue weighted by Gasteiger charge is 2.28. The number of nitrogens with one attached hydrogen (secondary N) is 3. The van der Waals surface area contributed by atoms with Crippen LogP contribution < -0.4 is 20.7 Å². The van der Waals surface area contributed by atoms with Gasteiger partial charge in [0.05, 0.1) is 6.54 Å². The van der Waals surface area contributed by atoms with E-state index < -0.39 is 12.8 Å². The zero-order valence-corrected chi connectivity index (χ0v) is 18.6. The van der Waals surface area contributed by atoms with Crippen molar-refractivity contribution in [1.29, 1.82) is 0 Å². The predicted octanol–water partition coefficient (Wildman–Crippen LogP) is 3.07. The first-order chi connectivity index (χ1) is 12.7. The number of hydrogen-bond acceptors (Lipinski definition) is 3. The topological polar surface area (TPSA) is 74.8 Å². The van der Waals surface area contributed by atoms with Gasteiger partial charge in [0.25, 0.3) is 0 Å². The average molecular weight is 516 g/mol. The lowest BCUT2D eigenvalue weighted by Crippen LogP contribution is -2.42. The SMILES string of the molecule is CCNC(=NCc1ccc(OCC(F)(F)F)cc1)NCCNC(=O)C(C)C.I. The van der Waals surface area contributed by atoms with E-state index in [2.05, 4.69) is 25.7 Å². The quantitative estimate of drug-likeness (QED) is 0.204. The van der Waals surface area contributed by atoms with Crippen molar-refractivity contribution in [3.63, 3.8) is 0 Å². The molecule has 1 rings (SSSR count). The van der Waals surface area contributed by atoms with Crippen LogP contribution in [-0.4, -0.2) is 44.3 Å². The number of guanidine groups is 1. The van der Waals surface area contributed by atoms with Gasteiger partial charge in [-0.25, -0.2) is 4.99 Å². The van der Waals surface area contributed by atoms with Gasteiger partial charge in [-0.3, -0.25) is 4.79 Å². The van der Waals surface area contributed by atoms with Crippen molar-refractivity contribution in [2.24, 2.45) is 10.9 Å². The molecule has 1 aromatic rings. The Morgan fingerprint density at radius 1 is 1.11 bits per heavy atom. The molecule has 0 spiro atoms. The maximum Gasteiger partial charge on any atom is 0.422 e. The van der Waals surface area contributed by atoms with E-state index in [1.807, 2.05) is 20.8 Å². The third-order valence-corrected chi connectivity index (χ3v) is 3.33. The van der Waals surface area contributed by atoms with Crippen LogP contribution in [-0.2, 0) is 11.3 Å². The summed E-state index contributed by atoms with van der Waals surface area (Å²) in [5.74, 6) is 0.682. The summed E-state index contributed by atoms with van der Waals surface area (Å²) < 4.78 is 41.1. The summed E-state index contributed by atoms with van der Waals surface area (Å²) in [6.07, 6.45) is -4.36. The second-order valence-corrected chi connectivity index (χ2v) is 6.12. The molecule has 1 aromatic carbocycles. The number of halogens is 4. The highest BCUT2D eigenvalue weighted by molar-refractivity contribution is 14.0. The van der Waals surface area contributed by atoms with Crippen LogP contribution in [0.1, 0.15) is 26.3 Å². The summed E-state index contributed by atoms with van der Waals surface area (Å²) >= 11 is 0. The van der Waals surface area contributed by atoms with Crippen molar-refractivity contribution in [3.05, 3.63) is 29.8 Å². The Balaban J connectivity index is 0.00000729. The van der Waals surface area contributed by atoms with Crippen LogP contribution in [0.5, 0.6) is 5.75 Å². The predicted molar refractivity (Wildman–Crippen MR) is 114 cm³/mol. The Bertz CT molecular complexity index is 608. The summed E-state index contributed by atoms with van der Waals surface area (Å²) in [5.41, 5.74) is 0.833. The van der Waals surface area contributed by atoms with Gasteiger partial charge in [0, 0.05) is 25.6 Å². The van der Waals surface area contributed by atoms with Crippen molar-refractivity contribution in [2.75, 3.05) is 26.2 Å². The minimum Gasteiger partial charge on any atom is -0.484 e. The van der Waals surface area contributed by atoms with Crippen molar-refractivity contribution in [2.45, 2.75) is 33.5 Å². The van der Waals surface area contributed by atoms with Gasteiger partial charge >= 0.3 is 6.18 Å². The zero-order valence-electron chi connectivity index (χ0n) is 16.2. The van der Waals surface area contributed by atoms with Gasteiger partial charge in [-0.05, 0) is 24.6 Å². The molecule has 0 bridgehead atoms. The van der Waals surface area contributed by atoms with E-state index in [1.54, 1.807) is 12.1 Å². The number of benzene rings is 1. The lowest BCUT2D eigenvalue weighted by atomic mass is 10.2. The van der Waals surface area contributed by atoms with Crippen LogP contribution in [0.25, 0.3) is 0 Å². The highest BCUT2D eigenvalue weighted by Crippen LogP contribution is 2.19. The van der Waals surface area contributed by atoms with Gasteiger partial charge in [-0.2, -0.15) is 13.2 Å². The number of ether oxygens (including phenoxy) is 1. The Kier molecular flexibility index (Phi) is 12.6. The van der Waals surface area contributed by atoms with E-state index in [-0.39, 0.29) is 41.6 Å². The van der Waals surface area contributed by atoms with Crippen molar-refractivity contribution in [3.8, 4) is 5.75 Å². The lowest BCUT2D eigenvalue weighted by Gasteiger charge is -2.13. The molecule has 0 saturated heterocycles. The molecule has 1 amide bonds. The van der Waals surface area contributed by atoms with Crippen LogP contribution in [0, 0.1) is 5.92 Å². The van der Waals surface area contributed by atoms with E-state index in [9.17, 15) is 18.0 Å². The zero-order chi connectivity index (χ0) is 20.3. The minimum absolute atomic E-state index is 0. The smallest absolute Gasteiger partial charge is 0.422 e. The molecule has 28 heavy (non-hydrogen) atoms. The number of hydrogen-bond donors (Lipinski definition) is 3. The number of rotatable bonds is 9. The summed E-state index contributed by atoms with van der Waals surface area (Å²) in [7, 11) is 0. The first-order valence-electron chi connectivity index (χ1n) is 8.79. The fraction of sp³-hybridized carbons (Fsp3) is 0.556. The molecular weight excluding hydrogens is 488 g/mol. The molecule has 0 fully saturated rings. The number of aliphatic imine (C=N–C) groups is 1. The van der Waals surface area contributed by atoms with E-state index in [0.29, 0.717) is 32.1 Å². The fourth-order valence-electron chi connectivity index (χ4n) is 1.94. The largest absolute Gasteiger partial charge is 0.484 e. The first-order valence-corrected chi connectivity index (χ1v) is 8.79. The first kappa shape index (κ1) is 26.3. The molecule has 0 saturated carbocycles. The lowest BCUT2D eigenvalue weighted by molar-refractivity contribution is -0.153. The Morgan fingerprint density at radius 3 is 2.25 bits per heavy atom. The monoisotopic (exact) mass is 516 g/mol. The minimum atomic E-state index is -4.36. The van der Waals surface area contributed by atoms with Gasteiger partial charge in [0.2, 0.25) is 5.91 Å². The summed E-state index contributed by atoms with van der Waals surface area (Å²) in [5, 5.41) is 9.00. The van der Waals surface area contributed by atoms with E-state index in [1.165, 1.54) is 12.1 Å². The molecular formula is C18H28F3IN4O2. The number of alkyl halides is 3. The van der Waals surface area contributed by atoms with Crippen LogP contribution in [0.2, 0.25) is 0 Å². The number of amides is 1. The molecule has 3 N–H and O–H groups in total. The van der Waals surface area contributed by atoms with Crippen LogP contribution >= 0.6 is 24.0 Å². The van der Waals surface area contributed by atoms with Gasteiger partial charge in [0.1, 0.15) is 5.75 Å². The maximum atomic E-state index is 12.1. The Morgan fingerprint density at radius 2 is 1.71 bits per heavy atom. The summed E-state index contributed by atoms with van der Waals surface area (Å²) in [6, 6.07) is 6.31. The third-order valence-electron chi connectivity index (χ3n) is 3.33. The van der Waals surface area contributed by atoms with Crippen LogP contribution in [0.4, 0.5) is 13.2 Å². The molecule has 0 unspecified atom stereocenters. The van der Waals surface area contributed by atoms with Crippen molar-refractivity contribution < 1.29 is 22.7 Å². The van der Waals surface area contributed by atoms with Gasteiger partial charge in [0.15, 0.2) is 12.6 Å². The van der Waals surface area contributed by atoms with E-state index in [4.69, 9.17) is 0 Å². The normalized spacial score (nSPS) is 11.6. The highest BCUT2D eigenvalue weighted by atomic mass is 127. The van der Waals surface area contributed by atoms with Crippen molar-refractivity contribution in [1.82, 2.24) is 16.0 Å². The standard InChI is InChI=1S/C18H27F3N4O2.HI/c1-4-22-17(24-10-9-23-16(26)13(2)3)25-11-14-5-7-15(8-6-14)27-12-18(19,20)21;/h5-8,13H,4,9-12H2,1-3H3,(H,23,26)(H2,22,24,25);1H. The fourth-order valence-corrected chi connectivity index (χ4v) is 1.94. The van der Waals surface area contributed by atoms with Crippen LogP contribution in [0.15, 0.2) is 29.3 Å². The maximum absolute atomic E-state index is 12.1. The van der Waals surface area contributed by atoms with Gasteiger partial charge in [-0.15, -0.1) is 24.0 Å². The molecule has 160 valence electrons. The number of carbonyl (C=O) groups is 1. The molecule has 0 atom stereocenters. The second kappa shape index (κ2) is 13.5. The molecule has 6 nitrogen and oxygen atoms in total. The molecule has 0 aromatic heterocycles. The molecule has 0 aliphatic rings. The molecule has 0 heterocycles. The van der Waals surface area contributed by atoms with Gasteiger partial charge < -0.3 is 20.7 Å². The second-order valence-electron chi connectivity index (χ2n) is 6.12. The average Bonchev–Trinajstić information content (AvgIpc) is 2.61. The van der Waals surface area contributed by atoms with E-state index in [0.717, 1.165) is 5.56 Å².